The highest BCUT2D eigenvalue weighted by molar-refractivity contribution is 8.00. The van der Waals surface area contributed by atoms with Crippen molar-refractivity contribution in [3.63, 3.8) is 0 Å². The van der Waals surface area contributed by atoms with Gasteiger partial charge >= 0.3 is 6.03 Å². The molecule has 138 valence electrons. The van der Waals surface area contributed by atoms with Crippen molar-refractivity contribution in [2.24, 2.45) is 0 Å². The quantitative estimate of drug-likeness (QED) is 0.780. The number of rotatable bonds is 5. The number of aromatic nitrogens is 2. The predicted molar refractivity (Wildman–Crippen MR) is 98.7 cm³/mol. The third-order valence-corrected chi connectivity index (χ3v) is 5.29. The highest BCUT2D eigenvalue weighted by Crippen LogP contribution is 2.27. The lowest BCUT2D eigenvalue weighted by Gasteiger charge is -2.13. The van der Waals surface area contributed by atoms with Gasteiger partial charge < -0.3 is 9.73 Å². The maximum Gasteiger partial charge on any atom is 0.321 e. The fraction of sp³-hybridized carbons (Fsp3) is 0.444. The van der Waals surface area contributed by atoms with E-state index in [1.54, 1.807) is 6.92 Å². The maximum atomic E-state index is 12.2. The SMILES string of the molecule is Cc1ccccc1-c1nnc(S[C@H](C)C(=O)NC(=O)NC2CCCC2)o1. The van der Waals surface area contributed by atoms with Crippen molar-refractivity contribution in [1.29, 1.82) is 0 Å². The molecule has 7 nitrogen and oxygen atoms in total. The molecule has 8 heteroatoms. The lowest BCUT2D eigenvalue weighted by Crippen LogP contribution is -2.45. The zero-order valence-corrected chi connectivity index (χ0v) is 15.6. The Kier molecular flexibility index (Phi) is 5.92. The summed E-state index contributed by atoms with van der Waals surface area (Å²) in [5, 5.41) is 13.0. The van der Waals surface area contributed by atoms with E-state index in [4.69, 9.17) is 4.42 Å². The highest BCUT2D eigenvalue weighted by atomic mass is 32.2. The van der Waals surface area contributed by atoms with Gasteiger partial charge in [0.25, 0.3) is 5.22 Å². The first-order chi connectivity index (χ1) is 12.5. The number of benzene rings is 1. The highest BCUT2D eigenvalue weighted by Gasteiger charge is 2.23. The maximum absolute atomic E-state index is 12.2. The van der Waals surface area contributed by atoms with Crippen LogP contribution < -0.4 is 10.6 Å². The second kappa shape index (κ2) is 8.35. The van der Waals surface area contributed by atoms with Crippen LogP contribution in [0.1, 0.15) is 38.2 Å². The molecular formula is C18H22N4O3S. The van der Waals surface area contributed by atoms with Crippen molar-refractivity contribution in [2.75, 3.05) is 0 Å². The minimum Gasteiger partial charge on any atom is -0.411 e. The third kappa shape index (κ3) is 4.63. The van der Waals surface area contributed by atoms with Crippen LogP contribution in [0.2, 0.25) is 0 Å². The molecule has 0 aliphatic heterocycles. The number of amides is 3. The van der Waals surface area contributed by atoms with E-state index >= 15 is 0 Å². The van der Waals surface area contributed by atoms with Gasteiger partial charge in [-0.15, -0.1) is 10.2 Å². The second-order valence-electron chi connectivity index (χ2n) is 6.39. The van der Waals surface area contributed by atoms with Gasteiger partial charge in [0.05, 0.1) is 5.25 Å². The zero-order valence-electron chi connectivity index (χ0n) is 14.8. The van der Waals surface area contributed by atoms with E-state index in [1.807, 2.05) is 31.2 Å². The van der Waals surface area contributed by atoms with Crippen molar-refractivity contribution >= 4 is 23.7 Å². The summed E-state index contributed by atoms with van der Waals surface area (Å²) in [5.41, 5.74) is 1.89. The van der Waals surface area contributed by atoms with Gasteiger partial charge in [-0.05, 0) is 38.3 Å². The van der Waals surface area contributed by atoms with Crippen LogP contribution >= 0.6 is 11.8 Å². The first kappa shape index (κ1) is 18.4. The van der Waals surface area contributed by atoms with Crippen molar-refractivity contribution < 1.29 is 14.0 Å². The molecule has 0 unspecified atom stereocenters. The third-order valence-electron chi connectivity index (χ3n) is 4.36. The van der Waals surface area contributed by atoms with Gasteiger partial charge in [-0.1, -0.05) is 42.8 Å². The molecule has 1 atom stereocenters. The molecule has 1 aromatic carbocycles. The van der Waals surface area contributed by atoms with Crippen molar-refractivity contribution in [3.05, 3.63) is 29.8 Å². The Morgan fingerprint density at radius 2 is 1.96 bits per heavy atom. The lowest BCUT2D eigenvalue weighted by atomic mass is 10.1. The summed E-state index contributed by atoms with van der Waals surface area (Å²) in [6.07, 6.45) is 4.17. The number of carbonyl (C=O) groups is 2. The Morgan fingerprint density at radius 1 is 1.23 bits per heavy atom. The van der Waals surface area contributed by atoms with Gasteiger partial charge in [0, 0.05) is 11.6 Å². The first-order valence-corrected chi connectivity index (χ1v) is 9.58. The summed E-state index contributed by atoms with van der Waals surface area (Å²) in [4.78, 5) is 24.1. The fourth-order valence-corrected chi connectivity index (χ4v) is 3.57. The average molecular weight is 374 g/mol. The Bertz CT molecular complexity index is 786. The number of aryl methyl sites for hydroxylation is 1. The lowest BCUT2D eigenvalue weighted by molar-refractivity contribution is -0.119. The van der Waals surface area contributed by atoms with Crippen LogP contribution in [0, 0.1) is 6.92 Å². The number of thioether (sulfide) groups is 1. The molecular weight excluding hydrogens is 352 g/mol. The Hall–Kier alpha value is -2.35. The summed E-state index contributed by atoms with van der Waals surface area (Å²) in [6.45, 7) is 3.66. The molecule has 1 fully saturated rings. The monoisotopic (exact) mass is 374 g/mol. The Morgan fingerprint density at radius 3 is 2.69 bits per heavy atom. The van der Waals surface area contributed by atoms with Crippen LogP contribution in [-0.4, -0.2) is 33.4 Å². The molecule has 1 heterocycles. The predicted octanol–water partition coefficient (Wildman–Crippen LogP) is 3.29. The van der Waals surface area contributed by atoms with E-state index in [-0.39, 0.29) is 11.9 Å². The molecule has 1 aliphatic rings. The minimum absolute atomic E-state index is 0.165. The van der Waals surface area contributed by atoms with Gasteiger partial charge in [-0.25, -0.2) is 4.79 Å². The summed E-state index contributed by atoms with van der Waals surface area (Å²) >= 11 is 1.13. The molecule has 2 N–H and O–H groups in total. The normalized spacial score (nSPS) is 15.6. The smallest absolute Gasteiger partial charge is 0.321 e. The molecule has 0 saturated heterocycles. The van der Waals surface area contributed by atoms with Crippen molar-refractivity contribution in [1.82, 2.24) is 20.8 Å². The first-order valence-electron chi connectivity index (χ1n) is 8.70. The number of hydrogen-bond acceptors (Lipinski definition) is 6. The second-order valence-corrected chi connectivity index (χ2v) is 7.68. The largest absolute Gasteiger partial charge is 0.411 e. The molecule has 0 spiro atoms. The van der Waals surface area contributed by atoms with Crippen LogP contribution in [0.4, 0.5) is 4.79 Å². The van der Waals surface area contributed by atoms with E-state index in [0.29, 0.717) is 11.1 Å². The molecule has 3 amide bonds. The molecule has 26 heavy (non-hydrogen) atoms. The molecule has 3 rings (SSSR count). The van der Waals surface area contributed by atoms with Gasteiger partial charge in [0.15, 0.2) is 0 Å². The van der Waals surface area contributed by atoms with Gasteiger partial charge in [0.1, 0.15) is 0 Å². The number of hydrogen-bond donors (Lipinski definition) is 2. The van der Waals surface area contributed by atoms with E-state index in [1.165, 1.54) is 0 Å². The molecule has 1 aliphatic carbocycles. The van der Waals surface area contributed by atoms with Crippen LogP contribution in [0.15, 0.2) is 33.9 Å². The van der Waals surface area contributed by atoms with E-state index in [2.05, 4.69) is 20.8 Å². The van der Waals surface area contributed by atoms with Crippen LogP contribution in [0.3, 0.4) is 0 Å². The topological polar surface area (TPSA) is 97.1 Å². The van der Waals surface area contributed by atoms with E-state index < -0.39 is 11.3 Å². The summed E-state index contributed by atoms with van der Waals surface area (Å²) in [5.74, 6) is 0.0262. The average Bonchev–Trinajstić information content (AvgIpc) is 3.27. The summed E-state index contributed by atoms with van der Waals surface area (Å²) < 4.78 is 5.64. The number of urea groups is 1. The van der Waals surface area contributed by atoms with Crippen molar-refractivity contribution in [2.45, 2.75) is 56.0 Å². The minimum atomic E-state index is -0.533. The van der Waals surface area contributed by atoms with Crippen molar-refractivity contribution in [3.8, 4) is 11.5 Å². The molecule has 1 saturated carbocycles. The van der Waals surface area contributed by atoms with Crippen LogP contribution in [0.5, 0.6) is 0 Å². The number of nitrogens with zero attached hydrogens (tertiary/aromatic N) is 2. The Balaban J connectivity index is 1.54. The molecule has 1 aromatic heterocycles. The zero-order chi connectivity index (χ0) is 18.5. The van der Waals surface area contributed by atoms with Crippen LogP contribution in [-0.2, 0) is 4.79 Å². The van der Waals surface area contributed by atoms with Gasteiger partial charge in [0.2, 0.25) is 11.8 Å². The molecule has 0 bridgehead atoms. The fourth-order valence-electron chi connectivity index (χ4n) is 2.89. The van der Waals surface area contributed by atoms with Crippen LogP contribution in [0.25, 0.3) is 11.5 Å². The van der Waals surface area contributed by atoms with Gasteiger partial charge in [-0.3, -0.25) is 10.1 Å². The standard InChI is InChI=1S/C18H22N4O3S/c1-11-7-3-6-10-14(11)16-21-22-18(25-16)26-12(2)15(23)20-17(24)19-13-8-4-5-9-13/h3,6-7,10,12-13H,4-5,8-9H2,1-2H3,(H2,19,20,23,24)/t12-/m1/s1. The molecule has 0 radical (unpaired) electrons. The molecule has 2 aromatic rings. The number of imide groups is 1. The van der Waals surface area contributed by atoms with E-state index in [0.717, 1.165) is 48.6 Å². The summed E-state index contributed by atoms with van der Waals surface area (Å²) in [6, 6.07) is 7.43. The van der Waals surface area contributed by atoms with Gasteiger partial charge in [-0.2, -0.15) is 0 Å². The number of nitrogens with one attached hydrogen (secondary N) is 2. The van der Waals surface area contributed by atoms with E-state index in [9.17, 15) is 9.59 Å². The summed E-state index contributed by atoms with van der Waals surface area (Å²) in [7, 11) is 0. The Labute approximate surface area is 156 Å². The number of carbonyl (C=O) groups excluding carboxylic acids is 2.